The summed E-state index contributed by atoms with van der Waals surface area (Å²) in [5.74, 6) is -2.05. The number of pyridine rings is 1. The Balaban J connectivity index is 1.88. The molecule has 1 aromatic heterocycles. The van der Waals surface area contributed by atoms with Gasteiger partial charge in [0.1, 0.15) is 24.0 Å². The number of carbonyl (C=O) groups excluding carboxylic acids is 1. The van der Waals surface area contributed by atoms with E-state index < -0.39 is 65.6 Å². The molecule has 0 saturated carbocycles. The number of phosphoric ester groups is 1. The van der Waals surface area contributed by atoms with Crippen LogP contribution in [0.2, 0.25) is 5.02 Å². The lowest BCUT2D eigenvalue weighted by Gasteiger charge is -2.30. The Morgan fingerprint density at radius 3 is 2.09 bits per heavy atom. The molecule has 0 aliphatic heterocycles. The summed E-state index contributed by atoms with van der Waals surface area (Å²) in [4.78, 5) is 26.0. The predicted octanol–water partition coefficient (Wildman–Crippen LogP) is 8.73. The molecule has 0 atom stereocenters. The third-order valence-electron chi connectivity index (χ3n) is 5.36. The summed E-state index contributed by atoms with van der Waals surface area (Å²) in [6.45, 7) is 10.9. The van der Waals surface area contributed by atoms with Crippen molar-refractivity contribution in [2.45, 2.75) is 72.6 Å². The van der Waals surface area contributed by atoms with Crippen molar-refractivity contribution in [1.82, 2.24) is 4.57 Å². The van der Waals surface area contributed by atoms with Crippen LogP contribution in [0.1, 0.15) is 63.0 Å². The number of benzene rings is 2. The molecule has 0 unspecified atom stereocenters. The topological polar surface area (TPSA) is 105 Å². The van der Waals surface area contributed by atoms with Crippen LogP contribution in [0.4, 0.5) is 23.2 Å². The Kier molecular flexibility index (Phi) is 10.4. The van der Waals surface area contributed by atoms with Crippen LogP contribution in [0.3, 0.4) is 0 Å². The maximum atomic E-state index is 13.6. The zero-order valence-electron chi connectivity index (χ0n) is 25.0. The number of halogens is 5. The average molecular weight is 663 g/mol. The summed E-state index contributed by atoms with van der Waals surface area (Å²) >= 11 is 5.87. The number of amides is 1. The maximum Gasteiger partial charge on any atom is 0.477 e. The number of rotatable bonds is 9. The number of aryl methyl sites for hydroxylation is 1. The lowest BCUT2D eigenvalue weighted by Crippen LogP contribution is -2.26. The first kappa shape index (κ1) is 35.3. The molecule has 3 aromatic rings. The van der Waals surface area contributed by atoms with Gasteiger partial charge in [-0.2, -0.15) is 13.2 Å². The molecule has 240 valence electrons. The fraction of sp³-hybridized carbons (Fsp3) is 0.379. The van der Waals surface area contributed by atoms with Crippen molar-refractivity contribution >= 4 is 31.0 Å². The molecule has 0 radical (unpaired) electrons. The molecule has 15 heteroatoms. The van der Waals surface area contributed by atoms with E-state index in [0.29, 0.717) is 6.07 Å². The predicted molar refractivity (Wildman–Crippen MR) is 157 cm³/mol. The molecule has 9 nitrogen and oxygen atoms in total. The number of nitrogens with zero attached hydrogens (tertiary/aromatic N) is 1. The summed E-state index contributed by atoms with van der Waals surface area (Å²) in [6.07, 6.45) is -3.64. The lowest BCUT2D eigenvalue weighted by molar-refractivity contribution is -0.137. The van der Waals surface area contributed by atoms with Crippen molar-refractivity contribution in [1.29, 1.82) is 0 Å². The van der Waals surface area contributed by atoms with Crippen LogP contribution in [-0.4, -0.2) is 21.7 Å². The van der Waals surface area contributed by atoms with Gasteiger partial charge in [0.15, 0.2) is 0 Å². The lowest BCUT2D eigenvalue weighted by atomic mass is 10.1. The van der Waals surface area contributed by atoms with Crippen molar-refractivity contribution in [2.75, 3.05) is 5.32 Å². The van der Waals surface area contributed by atoms with Crippen molar-refractivity contribution in [3.8, 4) is 11.5 Å². The Bertz CT molecular complexity index is 1630. The van der Waals surface area contributed by atoms with Crippen LogP contribution in [0.5, 0.6) is 11.5 Å². The first-order valence-electron chi connectivity index (χ1n) is 13.1. The smallest absolute Gasteiger partial charge is 0.456 e. The van der Waals surface area contributed by atoms with E-state index in [1.165, 1.54) is 25.3 Å². The second-order valence-corrected chi connectivity index (χ2v) is 13.6. The fourth-order valence-corrected chi connectivity index (χ4v) is 5.66. The maximum absolute atomic E-state index is 13.6. The molecule has 1 heterocycles. The molecular weight excluding hydrogens is 631 g/mol. The molecule has 0 spiro atoms. The largest absolute Gasteiger partial charge is 0.477 e. The van der Waals surface area contributed by atoms with Gasteiger partial charge in [-0.25, -0.2) is 8.96 Å². The minimum Gasteiger partial charge on any atom is -0.456 e. The second-order valence-electron chi connectivity index (χ2n) is 11.6. The van der Waals surface area contributed by atoms with Crippen LogP contribution < -0.4 is 15.6 Å². The van der Waals surface area contributed by atoms with Crippen molar-refractivity contribution in [3.05, 3.63) is 86.5 Å². The third kappa shape index (κ3) is 9.90. The second kappa shape index (κ2) is 13.0. The molecular formula is C29H32ClF4N2O7P. The van der Waals surface area contributed by atoms with E-state index in [1.54, 1.807) is 41.5 Å². The molecule has 0 aliphatic carbocycles. The summed E-state index contributed by atoms with van der Waals surface area (Å²) in [7, 11) is -4.14. The Labute approximate surface area is 256 Å². The highest BCUT2D eigenvalue weighted by Gasteiger charge is 2.38. The SMILES string of the molecule is Cc1cc(F)ccc1Oc1cc(C(F)(F)F)c(Cl)cc1C(=O)Nc1ccn(COP(=O)(OC(C)(C)C)OC(C)(C)C)c(=O)c1. The molecule has 0 aliphatic rings. The summed E-state index contributed by atoms with van der Waals surface area (Å²) in [5, 5.41) is 1.65. The quantitative estimate of drug-likeness (QED) is 0.180. The first-order valence-corrected chi connectivity index (χ1v) is 14.9. The van der Waals surface area contributed by atoms with Crippen molar-refractivity contribution < 1.29 is 45.2 Å². The van der Waals surface area contributed by atoms with Gasteiger partial charge in [0.2, 0.25) is 0 Å². The van der Waals surface area contributed by atoms with Crippen LogP contribution in [0, 0.1) is 12.7 Å². The zero-order chi connectivity index (χ0) is 33.3. The molecule has 3 rings (SSSR count). The van der Waals surface area contributed by atoms with Gasteiger partial charge in [0.05, 0.1) is 27.4 Å². The number of hydrogen-bond donors (Lipinski definition) is 1. The molecule has 0 saturated heterocycles. The van der Waals surface area contributed by atoms with Crippen LogP contribution in [-0.2, 0) is 31.0 Å². The average Bonchev–Trinajstić information content (AvgIpc) is 2.82. The molecule has 2 aromatic carbocycles. The molecule has 44 heavy (non-hydrogen) atoms. The van der Waals surface area contributed by atoms with Gasteiger partial charge in [-0.1, -0.05) is 11.6 Å². The van der Waals surface area contributed by atoms with Crippen LogP contribution in [0.15, 0.2) is 53.5 Å². The molecule has 0 fully saturated rings. The highest BCUT2D eigenvalue weighted by atomic mass is 35.5. The molecule has 1 N–H and O–H groups in total. The Morgan fingerprint density at radius 2 is 1.57 bits per heavy atom. The molecule has 0 bridgehead atoms. The fourth-order valence-electron chi connectivity index (χ4n) is 3.64. The van der Waals surface area contributed by atoms with E-state index in [-0.39, 0.29) is 22.6 Å². The number of aromatic nitrogens is 1. The van der Waals surface area contributed by atoms with Crippen LogP contribution in [0.25, 0.3) is 0 Å². The van der Waals surface area contributed by atoms with Gasteiger partial charge in [-0.15, -0.1) is 0 Å². The van der Waals surface area contributed by atoms with E-state index in [9.17, 15) is 31.7 Å². The van der Waals surface area contributed by atoms with Gasteiger partial charge in [0, 0.05) is 18.0 Å². The summed E-state index contributed by atoms with van der Waals surface area (Å²) < 4.78 is 90.7. The highest BCUT2D eigenvalue weighted by Crippen LogP contribution is 2.55. The first-order chi connectivity index (χ1) is 20.1. The Hall–Kier alpha value is -3.22. The van der Waals surface area contributed by atoms with Gasteiger partial charge >= 0.3 is 14.0 Å². The van der Waals surface area contributed by atoms with Gasteiger partial charge in [-0.05, 0) is 90.4 Å². The number of carbonyl (C=O) groups is 1. The van der Waals surface area contributed by atoms with Gasteiger partial charge < -0.3 is 10.1 Å². The van der Waals surface area contributed by atoms with Crippen molar-refractivity contribution in [3.63, 3.8) is 0 Å². The minimum atomic E-state index is -4.87. The van der Waals surface area contributed by atoms with E-state index >= 15 is 0 Å². The number of hydrogen-bond acceptors (Lipinski definition) is 7. The summed E-state index contributed by atoms with van der Waals surface area (Å²) in [6, 6.07) is 7.02. The number of phosphoric acid groups is 1. The normalized spacial score (nSPS) is 12.7. The number of nitrogens with one attached hydrogen (secondary N) is 1. The van der Waals surface area contributed by atoms with Gasteiger partial charge in [-0.3, -0.25) is 27.7 Å². The highest BCUT2D eigenvalue weighted by molar-refractivity contribution is 7.48. The number of anilines is 1. The van der Waals surface area contributed by atoms with E-state index in [2.05, 4.69) is 5.32 Å². The standard InChI is InChI=1S/C29H32ClF4N2O7P/c1-17-12-18(31)8-9-23(17)41-24-15-21(29(32,33)34)22(30)14-20(24)26(38)35-19-10-11-36(25(37)13-19)16-40-44(39,42-27(2,3)4)43-28(5,6)7/h8-15H,16H2,1-7H3,(H,35,38). The van der Waals surface area contributed by atoms with E-state index in [1.807, 2.05) is 0 Å². The Morgan fingerprint density at radius 1 is 0.955 bits per heavy atom. The number of ether oxygens (including phenoxy) is 1. The van der Waals surface area contributed by atoms with Crippen molar-refractivity contribution in [2.24, 2.45) is 0 Å². The van der Waals surface area contributed by atoms with Gasteiger partial charge in [0.25, 0.3) is 11.5 Å². The van der Waals surface area contributed by atoms with E-state index in [4.69, 9.17) is 29.9 Å². The third-order valence-corrected chi connectivity index (χ3v) is 7.64. The van der Waals surface area contributed by atoms with E-state index in [0.717, 1.165) is 28.8 Å². The molecule has 1 amide bonds. The minimum absolute atomic E-state index is 0.00154. The number of alkyl halides is 3. The van der Waals surface area contributed by atoms with Crippen LogP contribution >= 0.6 is 19.4 Å². The monoisotopic (exact) mass is 662 g/mol. The zero-order valence-corrected chi connectivity index (χ0v) is 26.6. The summed E-state index contributed by atoms with van der Waals surface area (Å²) in [5.41, 5.74) is -3.91.